The lowest BCUT2D eigenvalue weighted by atomic mass is 9.73. The fourth-order valence-corrected chi connectivity index (χ4v) is 11.3. The Kier molecular flexibility index (Phi) is 14.5. The van der Waals surface area contributed by atoms with Crippen LogP contribution in [0.4, 0.5) is 0 Å². The summed E-state index contributed by atoms with van der Waals surface area (Å²) in [6.45, 7) is -0.872. The topological polar surface area (TPSA) is 497 Å². The van der Waals surface area contributed by atoms with Crippen LogP contribution in [0.3, 0.4) is 0 Å². The van der Waals surface area contributed by atoms with E-state index in [0.29, 0.717) is 0 Å². The van der Waals surface area contributed by atoms with Gasteiger partial charge in [0.2, 0.25) is 6.29 Å². The summed E-state index contributed by atoms with van der Waals surface area (Å²) >= 11 is 0. The van der Waals surface area contributed by atoms with Crippen LogP contribution in [0.2, 0.25) is 0 Å². The number of carbonyl (C=O) groups excluding carboxylic acids is 1. The molecule has 0 amide bonds. The van der Waals surface area contributed by atoms with Gasteiger partial charge in [0, 0.05) is 64.1 Å². The van der Waals surface area contributed by atoms with Gasteiger partial charge in [0.15, 0.2) is 75.8 Å². The highest BCUT2D eigenvalue weighted by molar-refractivity contribution is 5.91. The number of aliphatic hydroxyl groups excluding tert-OH is 6. The molecule has 0 aromatic heterocycles. The van der Waals surface area contributed by atoms with Crippen molar-refractivity contribution in [2.24, 2.45) is 0 Å². The van der Waals surface area contributed by atoms with Crippen molar-refractivity contribution in [3.63, 3.8) is 0 Å². The van der Waals surface area contributed by atoms with Crippen LogP contribution < -0.4 is 18.9 Å². The van der Waals surface area contributed by atoms with Gasteiger partial charge in [-0.05, 0) is 59.7 Å². The highest BCUT2D eigenvalue weighted by Crippen LogP contribution is 2.63. The lowest BCUT2D eigenvalue weighted by molar-refractivity contribution is -0.277. The second-order valence-corrected chi connectivity index (χ2v) is 20.9. The summed E-state index contributed by atoms with van der Waals surface area (Å²) in [4.78, 5) is 12.9. The second kappa shape index (κ2) is 21.5. The molecular weight excluding hydrogens is 1140 g/mol. The van der Waals surface area contributed by atoms with E-state index in [-0.39, 0.29) is 22.3 Å². The quantitative estimate of drug-likeness (QED) is 0.0691. The Morgan fingerprint density at radius 1 is 0.430 bits per heavy atom. The van der Waals surface area contributed by atoms with Crippen molar-refractivity contribution < 1.29 is 140 Å². The van der Waals surface area contributed by atoms with E-state index >= 15 is 0 Å². The molecule has 4 aliphatic rings. The predicted octanol–water partition coefficient (Wildman–Crippen LogP) is 2.60. The minimum atomic E-state index is -2.09. The maximum absolute atomic E-state index is 12.9. The van der Waals surface area contributed by atoms with Crippen molar-refractivity contribution in [3.8, 4) is 109 Å². The Morgan fingerprint density at radius 3 is 1.47 bits per heavy atom. The van der Waals surface area contributed by atoms with Crippen molar-refractivity contribution in [1.82, 2.24) is 0 Å². The van der Waals surface area contributed by atoms with Gasteiger partial charge in [-0.1, -0.05) is 12.1 Å². The van der Waals surface area contributed by atoms with Gasteiger partial charge in [0.25, 0.3) is 0 Å². The van der Waals surface area contributed by atoms with Crippen LogP contribution >= 0.6 is 0 Å². The van der Waals surface area contributed by atoms with E-state index in [1.54, 1.807) is 0 Å². The van der Waals surface area contributed by atoms with Crippen LogP contribution in [0.15, 0.2) is 84.9 Å². The smallest absolute Gasteiger partial charge is 0.338 e. The molecule has 7 aromatic carbocycles. The number of benzene rings is 7. The molecule has 452 valence electrons. The van der Waals surface area contributed by atoms with Gasteiger partial charge in [-0.25, -0.2) is 4.79 Å². The Balaban J connectivity index is 1.05. The van der Waals surface area contributed by atoms with Crippen LogP contribution in [0.25, 0.3) is 0 Å². The number of phenols is 15. The molecule has 0 unspecified atom stereocenters. The first-order chi connectivity index (χ1) is 40.7. The molecule has 0 saturated carbocycles. The zero-order valence-corrected chi connectivity index (χ0v) is 43.8. The van der Waals surface area contributed by atoms with Crippen LogP contribution in [-0.2, 0) is 15.9 Å². The molecule has 0 aliphatic carbocycles. The summed E-state index contributed by atoms with van der Waals surface area (Å²) in [7, 11) is 0. The fourth-order valence-electron chi connectivity index (χ4n) is 11.3. The third-order valence-corrected chi connectivity index (χ3v) is 15.5. The molecule has 4 aliphatic heterocycles. The molecule has 0 spiro atoms. The van der Waals surface area contributed by atoms with Gasteiger partial charge >= 0.3 is 5.97 Å². The molecule has 13 atom stereocenters. The zero-order valence-electron chi connectivity index (χ0n) is 43.8. The summed E-state index contributed by atoms with van der Waals surface area (Å²) in [6, 6.07) is 13.4. The summed E-state index contributed by atoms with van der Waals surface area (Å²) in [6.07, 6.45) is -21.2. The van der Waals surface area contributed by atoms with Gasteiger partial charge in [-0.3, -0.25) is 0 Å². The van der Waals surface area contributed by atoms with Gasteiger partial charge in [0.1, 0.15) is 95.0 Å². The van der Waals surface area contributed by atoms with Crippen LogP contribution in [0.5, 0.6) is 109 Å². The van der Waals surface area contributed by atoms with Gasteiger partial charge in [-0.2, -0.15) is 0 Å². The highest BCUT2D eigenvalue weighted by Gasteiger charge is 2.52. The van der Waals surface area contributed by atoms with E-state index in [1.165, 1.54) is 12.1 Å². The van der Waals surface area contributed by atoms with Crippen molar-refractivity contribution in [2.75, 3.05) is 6.61 Å². The lowest BCUT2D eigenvalue weighted by Gasteiger charge is -2.43. The largest absolute Gasteiger partial charge is 0.507 e. The van der Waals surface area contributed by atoms with Crippen LogP contribution in [-0.4, -0.2) is 169 Å². The number of esters is 1. The number of carbonyl (C=O) groups is 1. The van der Waals surface area contributed by atoms with Crippen molar-refractivity contribution in [3.05, 3.63) is 135 Å². The lowest BCUT2D eigenvalue weighted by Crippen LogP contribution is -2.60. The molecule has 11 rings (SSSR count). The molecule has 0 bridgehead atoms. The standard InChI is InChI=1S/C58H52O28/c59-23-3-1-17(5-26(23)62)53-48(76)43(39-28(64)11-21(12-37(39)83-53)82-58-51(79)50(78)47(75)38(84-58)16-81-57(80)20-9-34(70)46(74)35(71)10-20)41-30(66)15-31(67)42-44(49(77)54(86-56(41)42)18-2-4-24(60)27(63)6-18)40-29(65)14-25(61)22-13-36(72)52(85-55(22)40)19-7-32(68)45(73)33(69)8-19/h1-12,14-15,36,38,43-44,47-54,58-79H,13,16H2/t36-,38-,43+,44-,47-,48+,49+,50+,51-,52-,53-,54-,58-/m1/s1. The van der Waals surface area contributed by atoms with Crippen LogP contribution in [0, 0.1) is 0 Å². The van der Waals surface area contributed by atoms with Gasteiger partial charge in [0.05, 0.1) is 23.5 Å². The van der Waals surface area contributed by atoms with Crippen molar-refractivity contribution in [1.29, 1.82) is 0 Å². The maximum atomic E-state index is 12.9. The van der Waals surface area contributed by atoms with E-state index in [0.717, 1.165) is 72.8 Å². The molecule has 1 fully saturated rings. The fraction of sp³-hybridized carbons (Fsp3) is 0.259. The Morgan fingerprint density at radius 2 is 0.907 bits per heavy atom. The highest BCUT2D eigenvalue weighted by atomic mass is 16.7. The SMILES string of the molecule is O=C(OC[C@H]1O[C@@H](Oc2cc(O)c3c(c2)O[C@H](c2ccc(O)c(O)c2)[C@@H](O)[C@@H]3c2c(O)cc(O)c3c2O[C@H](c2ccc(O)c(O)c2)[C@@H](O)[C@@H]3c2c(O)cc(O)c3c2O[C@H](c2cc(O)c(O)c(O)c2)[C@H](O)C3)[C@H](O)[C@@H](O)[C@@H]1O)c1cc(O)c(O)c(O)c1. The number of hydrogen-bond donors (Lipinski definition) is 21. The van der Waals surface area contributed by atoms with E-state index < -0.39 is 235 Å². The van der Waals surface area contributed by atoms with Crippen molar-refractivity contribution >= 4 is 5.97 Å². The Labute approximate surface area is 481 Å². The number of aliphatic hydroxyl groups is 6. The number of fused-ring (bicyclic) bond motifs is 3. The van der Waals surface area contributed by atoms with Crippen molar-refractivity contribution in [2.45, 2.75) is 85.6 Å². The average molecular weight is 1200 g/mol. The molecule has 1 saturated heterocycles. The summed E-state index contributed by atoms with van der Waals surface area (Å²) in [5.74, 6) is -19.2. The van der Waals surface area contributed by atoms with E-state index in [2.05, 4.69) is 0 Å². The minimum Gasteiger partial charge on any atom is -0.507 e. The number of phenolic OH excluding ortho intramolecular Hbond substituents is 15. The molecule has 7 aromatic rings. The average Bonchev–Trinajstić information content (AvgIpc) is 0.842. The second-order valence-electron chi connectivity index (χ2n) is 20.9. The molecule has 86 heavy (non-hydrogen) atoms. The first kappa shape index (κ1) is 57.7. The number of ether oxygens (including phenoxy) is 6. The third kappa shape index (κ3) is 9.74. The summed E-state index contributed by atoms with van der Waals surface area (Å²) < 4.78 is 36.0. The molecular formula is C58H52O28. The van der Waals surface area contributed by atoms with Gasteiger partial charge < -0.3 is 136 Å². The molecule has 28 heteroatoms. The Bertz CT molecular complexity index is 3820. The normalized spacial score (nSPS) is 25.7. The first-order valence-corrected chi connectivity index (χ1v) is 25.9. The van der Waals surface area contributed by atoms with Gasteiger partial charge in [-0.15, -0.1) is 0 Å². The van der Waals surface area contributed by atoms with E-state index in [1.807, 2.05) is 0 Å². The number of rotatable bonds is 10. The molecule has 4 heterocycles. The monoisotopic (exact) mass is 1200 g/mol. The van der Waals surface area contributed by atoms with Crippen LogP contribution in [0.1, 0.15) is 85.0 Å². The zero-order chi connectivity index (χ0) is 61.8. The summed E-state index contributed by atoms with van der Waals surface area (Å²) in [5.41, 5.74) is -2.96. The predicted molar refractivity (Wildman–Crippen MR) is 283 cm³/mol. The maximum Gasteiger partial charge on any atom is 0.338 e. The number of hydrogen-bond acceptors (Lipinski definition) is 28. The number of aromatic hydroxyl groups is 15. The molecule has 21 N–H and O–H groups in total. The minimum absolute atomic E-state index is 0.0869. The van der Waals surface area contributed by atoms with E-state index in [4.69, 9.17) is 28.4 Å². The third-order valence-electron chi connectivity index (χ3n) is 15.5. The van der Waals surface area contributed by atoms with E-state index in [9.17, 15) is 112 Å². The molecule has 0 radical (unpaired) electrons. The molecule has 28 nitrogen and oxygen atoms in total. The summed E-state index contributed by atoms with van der Waals surface area (Å²) in [5, 5.41) is 233. The Hall–Kier alpha value is -10.1. The first-order valence-electron chi connectivity index (χ1n) is 25.9.